The van der Waals surface area contributed by atoms with Crippen LogP contribution >= 0.6 is 31.9 Å². The molecular weight excluding hydrogens is 388 g/mol. The first-order valence-electron chi connectivity index (χ1n) is 6.20. The van der Waals surface area contributed by atoms with Gasteiger partial charge in [0.1, 0.15) is 11.8 Å². The van der Waals surface area contributed by atoms with Gasteiger partial charge in [-0.3, -0.25) is 4.68 Å². The smallest absolute Gasteiger partial charge is 0.163 e. The molecule has 6 heteroatoms. The van der Waals surface area contributed by atoms with E-state index in [0.29, 0.717) is 11.4 Å². The number of hydrogen-bond donors (Lipinski definition) is 1. The number of benzene rings is 1. The molecule has 1 N–H and O–H groups in total. The first-order chi connectivity index (χ1) is 9.45. The minimum atomic E-state index is -0.808. The van der Waals surface area contributed by atoms with Crippen LogP contribution in [-0.4, -0.2) is 22.0 Å². The summed E-state index contributed by atoms with van der Waals surface area (Å²) in [5.74, 6) is 0.584. The normalized spacial score (nSPS) is 12.8. The molecule has 2 rings (SSSR count). The van der Waals surface area contributed by atoms with E-state index < -0.39 is 6.10 Å². The molecule has 0 amide bonds. The molecule has 2 aromatic rings. The number of aromatic nitrogens is 2. The Balaban J connectivity index is 2.52. The third-order valence-corrected chi connectivity index (χ3v) is 4.20. The molecule has 1 heterocycles. The number of hydrogen-bond acceptors (Lipinski definition) is 3. The fourth-order valence-corrected chi connectivity index (χ4v) is 3.32. The predicted molar refractivity (Wildman–Crippen MR) is 85.1 cm³/mol. The van der Waals surface area contributed by atoms with Gasteiger partial charge in [-0.05, 0) is 26.0 Å². The molecule has 1 atom stereocenters. The summed E-state index contributed by atoms with van der Waals surface area (Å²) in [7, 11) is 1.58. The molecule has 0 spiro atoms. The molecule has 0 fully saturated rings. The minimum absolute atomic E-state index is 0.137. The Morgan fingerprint density at radius 3 is 2.55 bits per heavy atom. The van der Waals surface area contributed by atoms with E-state index in [0.717, 1.165) is 14.5 Å². The number of ether oxygens (including phenoxy) is 1. The highest BCUT2D eigenvalue weighted by atomic mass is 79.9. The number of halogens is 2. The fourth-order valence-electron chi connectivity index (χ4n) is 2.06. The van der Waals surface area contributed by atoms with Crippen molar-refractivity contribution in [2.24, 2.45) is 0 Å². The van der Waals surface area contributed by atoms with Crippen molar-refractivity contribution in [3.05, 3.63) is 44.6 Å². The number of aliphatic hydroxyl groups is 1. The van der Waals surface area contributed by atoms with Crippen LogP contribution in [0.25, 0.3) is 0 Å². The van der Waals surface area contributed by atoms with Crippen molar-refractivity contribution in [2.75, 3.05) is 7.11 Å². The van der Waals surface area contributed by atoms with Crippen molar-refractivity contribution < 1.29 is 9.84 Å². The zero-order valence-electron chi connectivity index (χ0n) is 11.5. The first kappa shape index (κ1) is 15.5. The van der Waals surface area contributed by atoms with Crippen LogP contribution in [0, 0.1) is 0 Å². The Morgan fingerprint density at radius 2 is 2.00 bits per heavy atom. The summed E-state index contributed by atoms with van der Waals surface area (Å²) in [6.07, 6.45) is 0.822. The summed E-state index contributed by atoms with van der Waals surface area (Å²) in [5, 5.41) is 15.0. The monoisotopic (exact) mass is 402 g/mol. The van der Waals surface area contributed by atoms with Gasteiger partial charge in [-0.2, -0.15) is 5.10 Å². The maximum Gasteiger partial charge on any atom is 0.163 e. The largest absolute Gasteiger partial charge is 0.493 e. The van der Waals surface area contributed by atoms with E-state index in [4.69, 9.17) is 4.74 Å². The van der Waals surface area contributed by atoms with Gasteiger partial charge in [-0.25, -0.2) is 0 Å². The quantitative estimate of drug-likeness (QED) is 0.836. The third-order valence-electron chi connectivity index (χ3n) is 3.02. The molecule has 1 aromatic heterocycles. The van der Waals surface area contributed by atoms with Crippen LogP contribution in [0.5, 0.6) is 5.75 Å². The number of aliphatic hydroxyl groups excluding tert-OH is 1. The SMILES string of the molecule is COc1cnn(C(C)C)c1C(O)c1ccc(Br)cc1Br. The van der Waals surface area contributed by atoms with Crippen LogP contribution in [-0.2, 0) is 0 Å². The molecule has 0 bridgehead atoms. The second kappa shape index (κ2) is 6.28. The summed E-state index contributed by atoms with van der Waals surface area (Å²) >= 11 is 6.89. The molecule has 0 radical (unpaired) electrons. The lowest BCUT2D eigenvalue weighted by Gasteiger charge is -2.18. The van der Waals surface area contributed by atoms with Crippen LogP contribution in [0.1, 0.15) is 37.3 Å². The van der Waals surface area contributed by atoms with Crippen LogP contribution in [0.3, 0.4) is 0 Å². The van der Waals surface area contributed by atoms with Gasteiger partial charge in [-0.1, -0.05) is 37.9 Å². The molecule has 0 saturated carbocycles. The summed E-state index contributed by atoms with van der Waals surface area (Å²) in [4.78, 5) is 0. The zero-order chi connectivity index (χ0) is 14.9. The lowest BCUT2D eigenvalue weighted by atomic mass is 10.1. The molecule has 108 valence electrons. The van der Waals surface area contributed by atoms with E-state index in [1.165, 1.54) is 0 Å². The van der Waals surface area contributed by atoms with Gasteiger partial charge in [0.05, 0.1) is 13.3 Å². The van der Waals surface area contributed by atoms with Gasteiger partial charge in [0.15, 0.2) is 5.75 Å². The van der Waals surface area contributed by atoms with E-state index in [-0.39, 0.29) is 6.04 Å². The van der Waals surface area contributed by atoms with E-state index in [2.05, 4.69) is 37.0 Å². The molecule has 0 aliphatic carbocycles. The Morgan fingerprint density at radius 1 is 1.30 bits per heavy atom. The van der Waals surface area contributed by atoms with E-state index in [1.54, 1.807) is 18.0 Å². The highest BCUT2D eigenvalue weighted by molar-refractivity contribution is 9.11. The summed E-state index contributed by atoms with van der Waals surface area (Å²) in [5.41, 5.74) is 1.43. The number of rotatable bonds is 4. The molecule has 0 aliphatic rings. The first-order valence-corrected chi connectivity index (χ1v) is 7.78. The molecule has 20 heavy (non-hydrogen) atoms. The maximum absolute atomic E-state index is 10.7. The highest BCUT2D eigenvalue weighted by Gasteiger charge is 2.24. The third kappa shape index (κ3) is 2.92. The second-order valence-corrected chi connectivity index (χ2v) is 6.47. The lowest BCUT2D eigenvalue weighted by molar-refractivity contribution is 0.199. The van der Waals surface area contributed by atoms with E-state index in [9.17, 15) is 5.11 Å². The summed E-state index contributed by atoms with van der Waals surface area (Å²) < 4.78 is 8.87. The van der Waals surface area contributed by atoms with Gasteiger partial charge in [0.25, 0.3) is 0 Å². The van der Waals surface area contributed by atoms with Gasteiger partial charge in [0, 0.05) is 20.6 Å². The average molecular weight is 404 g/mol. The van der Waals surface area contributed by atoms with Crippen LogP contribution < -0.4 is 4.74 Å². The van der Waals surface area contributed by atoms with Gasteiger partial charge in [0.2, 0.25) is 0 Å². The van der Waals surface area contributed by atoms with Gasteiger partial charge < -0.3 is 9.84 Å². The van der Waals surface area contributed by atoms with Crippen LogP contribution in [0.15, 0.2) is 33.3 Å². The molecular formula is C14H16Br2N2O2. The zero-order valence-corrected chi connectivity index (χ0v) is 14.6. The second-order valence-electron chi connectivity index (χ2n) is 4.70. The lowest BCUT2D eigenvalue weighted by Crippen LogP contribution is -2.13. The van der Waals surface area contributed by atoms with Crippen molar-refractivity contribution in [1.82, 2.24) is 9.78 Å². The summed E-state index contributed by atoms with van der Waals surface area (Å²) in [6, 6.07) is 5.81. The Hall–Kier alpha value is -0.850. The van der Waals surface area contributed by atoms with Crippen molar-refractivity contribution in [3.8, 4) is 5.75 Å². The minimum Gasteiger partial charge on any atom is -0.493 e. The molecule has 0 aliphatic heterocycles. The Kier molecular flexibility index (Phi) is 4.88. The van der Waals surface area contributed by atoms with Crippen LogP contribution in [0.2, 0.25) is 0 Å². The van der Waals surface area contributed by atoms with Crippen molar-refractivity contribution in [1.29, 1.82) is 0 Å². The van der Waals surface area contributed by atoms with Crippen LogP contribution in [0.4, 0.5) is 0 Å². The molecule has 1 aromatic carbocycles. The maximum atomic E-state index is 10.7. The Labute approximate surface area is 135 Å². The average Bonchev–Trinajstić information content (AvgIpc) is 2.81. The topological polar surface area (TPSA) is 47.3 Å². The van der Waals surface area contributed by atoms with Crippen molar-refractivity contribution in [2.45, 2.75) is 26.0 Å². The summed E-state index contributed by atoms with van der Waals surface area (Å²) in [6.45, 7) is 4.03. The van der Waals surface area contributed by atoms with Crippen molar-refractivity contribution in [3.63, 3.8) is 0 Å². The number of nitrogens with zero attached hydrogens (tertiary/aromatic N) is 2. The molecule has 1 unspecified atom stereocenters. The standard InChI is InChI=1S/C14H16Br2N2O2/c1-8(2)18-13(12(20-3)7-17-18)14(19)10-5-4-9(15)6-11(10)16/h4-8,14,19H,1-3H3. The van der Waals surface area contributed by atoms with Gasteiger partial charge in [-0.15, -0.1) is 0 Å². The molecule has 0 saturated heterocycles. The van der Waals surface area contributed by atoms with Crippen molar-refractivity contribution >= 4 is 31.9 Å². The predicted octanol–water partition coefficient (Wildman–Crippen LogP) is 4.08. The Bertz CT molecular complexity index is 611. The van der Waals surface area contributed by atoms with E-state index in [1.807, 2.05) is 32.0 Å². The highest BCUT2D eigenvalue weighted by Crippen LogP contribution is 2.35. The fraction of sp³-hybridized carbons (Fsp3) is 0.357. The molecule has 4 nitrogen and oxygen atoms in total. The number of methoxy groups -OCH3 is 1. The van der Waals surface area contributed by atoms with E-state index >= 15 is 0 Å². The van der Waals surface area contributed by atoms with Gasteiger partial charge >= 0.3 is 0 Å².